The smallest absolute Gasteiger partial charge is 0.137 e. The quantitative estimate of drug-likeness (QED) is 0.669. The Hall–Kier alpha value is -2.37. The van der Waals surface area contributed by atoms with Crippen molar-refractivity contribution in [3.63, 3.8) is 0 Å². The van der Waals surface area contributed by atoms with Gasteiger partial charge in [0.25, 0.3) is 0 Å². The number of benzene rings is 1. The van der Waals surface area contributed by atoms with Crippen molar-refractivity contribution in [2.45, 2.75) is 25.3 Å². The zero-order chi connectivity index (χ0) is 18.5. The Morgan fingerprint density at radius 3 is 2.93 bits per heavy atom. The molecule has 1 aliphatic rings. The number of ether oxygens (including phenoxy) is 1. The average Bonchev–Trinajstić information content (AvgIpc) is 3.34. The number of halogens is 1. The molecule has 1 aromatic carbocycles. The summed E-state index contributed by atoms with van der Waals surface area (Å²) in [6.07, 6.45) is 3.77. The van der Waals surface area contributed by atoms with Gasteiger partial charge < -0.3 is 4.74 Å². The second kappa shape index (κ2) is 8.55. The molecule has 0 aliphatic carbocycles. The highest BCUT2D eigenvalue weighted by Gasteiger charge is 2.26. The average molecular weight is 383 g/mol. The van der Waals surface area contributed by atoms with Crippen LogP contribution in [0.2, 0.25) is 5.02 Å². The fraction of sp³-hybridized carbons (Fsp3) is 0.333. The molecule has 0 bridgehead atoms. The van der Waals surface area contributed by atoms with Gasteiger partial charge in [-0.3, -0.25) is 15.0 Å². The second-order valence-corrected chi connectivity index (χ2v) is 7.30. The fourth-order valence-corrected chi connectivity index (χ4v) is 3.68. The molecule has 1 fully saturated rings. The van der Waals surface area contributed by atoms with Crippen molar-refractivity contribution in [2.24, 2.45) is 0 Å². The third kappa shape index (κ3) is 4.67. The molecular formula is C21H23ClN4O. The van der Waals surface area contributed by atoms with Crippen LogP contribution in [0.5, 0.6) is 5.75 Å². The summed E-state index contributed by atoms with van der Waals surface area (Å²) >= 11 is 6.11. The van der Waals surface area contributed by atoms with E-state index in [1.54, 1.807) is 0 Å². The molecule has 1 N–H and O–H groups in total. The van der Waals surface area contributed by atoms with Gasteiger partial charge in [-0.15, -0.1) is 0 Å². The number of hydrogen-bond acceptors (Lipinski definition) is 4. The van der Waals surface area contributed by atoms with Crippen LogP contribution in [0.4, 0.5) is 0 Å². The zero-order valence-corrected chi connectivity index (χ0v) is 15.9. The molecule has 3 heterocycles. The van der Waals surface area contributed by atoms with Gasteiger partial charge >= 0.3 is 0 Å². The molecule has 3 aromatic rings. The van der Waals surface area contributed by atoms with E-state index < -0.39 is 0 Å². The Morgan fingerprint density at radius 2 is 2.07 bits per heavy atom. The maximum absolute atomic E-state index is 6.11. The van der Waals surface area contributed by atoms with Gasteiger partial charge in [0.15, 0.2) is 0 Å². The molecule has 0 radical (unpaired) electrons. The van der Waals surface area contributed by atoms with Crippen LogP contribution in [0.1, 0.15) is 29.4 Å². The predicted molar refractivity (Wildman–Crippen MR) is 106 cm³/mol. The first-order valence-electron chi connectivity index (χ1n) is 9.32. The van der Waals surface area contributed by atoms with Crippen LogP contribution in [0.25, 0.3) is 0 Å². The zero-order valence-electron chi connectivity index (χ0n) is 15.1. The normalized spacial score (nSPS) is 17.3. The highest BCUT2D eigenvalue weighted by atomic mass is 35.5. The number of likely N-dealkylation sites (tertiary alicyclic amines) is 1. The maximum atomic E-state index is 6.11. The molecule has 0 spiro atoms. The summed E-state index contributed by atoms with van der Waals surface area (Å²) in [6.45, 7) is 3.58. The van der Waals surface area contributed by atoms with Crippen molar-refractivity contribution >= 4 is 11.6 Å². The van der Waals surface area contributed by atoms with Gasteiger partial charge in [-0.2, -0.15) is 5.10 Å². The van der Waals surface area contributed by atoms with Crippen LogP contribution in [0.15, 0.2) is 54.7 Å². The number of nitrogens with one attached hydrogen (secondary N) is 1. The topological polar surface area (TPSA) is 54.0 Å². The van der Waals surface area contributed by atoms with E-state index in [0.29, 0.717) is 17.5 Å². The van der Waals surface area contributed by atoms with Crippen molar-refractivity contribution in [3.8, 4) is 5.75 Å². The minimum absolute atomic E-state index is 0.475. The van der Waals surface area contributed by atoms with E-state index in [-0.39, 0.29) is 0 Å². The summed E-state index contributed by atoms with van der Waals surface area (Å²) in [6, 6.07) is 15.8. The molecule has 27 heavy (non-hydrogen) atoms. The highest BCUT2D eigenvalue weighted by Crippen LogP contribution is 2.27. The van der Waals surface area contributed by atoms with E-state index in [9.17, 15) is 0 Å². The first kappa shape index (κ1) is 18.0. The number of aromatic nitrogens is 3. The van der Waals surface area contributed by atoms with Gasteiger partial charge in [0.05, 0.1) is 23.0 Å². The third-order valence-electron chi connectivity index (χ3n) is 4.92. The third-order valence-corrected chi connectivity index (χ3v) is 5.23. The Bertz CT molecular complexity index is 867. The van der Waals surface area contributed by atoms with E-state index in [2.05, 4.69) is 32.2 Å². The number of hydrogen-bond donors (Lipinski definition) is 1. The first-order valence-corrected chi connectivity index (χ1v) is 9.69. The van der Waals surface area contributed by atoms with Crippen LogP contribution in [0, 0.1) is 0 Å². The minimum Gasteiger partial charge on any atom is -0.492 e. The van der Waals surface area contributed by atoms with E-state index in [4.69, 9.17) is 16.3 Å². The summed E-state index contributed by atoms with van der Waals surface area (Å²) < 4.78 is 5.76. The van der Waals surface area contributed by atoms with E-state index >= 15 is 0 Å². The molecule has 0 amide bonds. The molecule has 1 saturated heterocycles. The molecule has 2 aromatic heterocycles. The van der Waals surface area contributed by atoms with Gasteiger partial charge in [0, 0.05) is 37.3 Å². The lowest BCUT2D eigenvalue weighted by molar-refractivity contribution is 0.320. The van der Waals surface area contributed by atoms with Gasteiger partial charge in [0.2, 0.25) is 0 Å². The second-order valence-electron chi connectivity index (χ2n) is 6.89. The van der Waals surface area contributed by atoms with E-state index in [1.807, 2.05) is 42.6 Å². The Balaban J connectivity index is 1.27. The van der Waals surface area contributed by atoms with Gasteiger partial charge in [0.1, 0.15) is 5.75 Å². The number of H-pyrrole nitrogens is 1. The van der Waals surface area contributed by atoms with Gasteiger partial charge in [-0.05, 0) is 43.3 Å². The fourth-order valence-electron chi connectivity index (χ4n) is 3.49. The molecule has 5 nitrogen and oxygen atoms in total. The summed E-state index contributed by atoms with van der Waals surface area (Å²) in [5.41, 5.74) is 3.36. The summed E-state index contributed by atoms with van der Waals surface area (Å²) in [7, 11) is 0. The summed E-state index contributed by atoms with van der Waals surface area (Å²) in [5.74, 6) is 1.20. The highest BCUT2D eigenvalue weighted by molar-refractivity contribution is 6.32. The van der Waals surface area contributed by atoms with Crippen molar-refractivity contribution < 1.29 is 4.74 Å². The SMILES string of the molecule is Clc1ccccc1OCCc1cc(C2CCN(Cc3ccccn3)C2)n[nH]1. The molecule has 4 rings (SSSR count). The van der Waals surface area contributed by atoms with Crippen LogP contribution in [0.3, 0.4) is 0 Å². The van der Waals surface area contributed by atoms with Gasteiger partial charge in [-0.25, -0.2) is 0 Å². The number of nitrogens with zero attached hydrogens (tertiary/aromatic N) is 3. The lowest BCUT2D eigenvalue weighted by atomic mass is 10.0. The standard InChI is InChI=1S/C21H23ClN4O/c22-19-6-1-2-7-21(19)27-12-9-17-13-20(25-24-17)16-8-11-26(14-16)15-18-5-3-4-10-23-18/h1-7,10,13,16H,8-9,11-12,14-15H2,(H,24,25). The Kier molecular flexibility index (Phi) is 5.70. The van der Waals surface area contributed by atoms with Crippen LogP contribution in [-0.2, 0) is 13.0 Å². The molecular weight excluding hydrogens is 360 g/mol. The van der Waals surface area contributed by atoms with Crippen LogP contribution in [-0.4, -0.2) is 39.8 Å². The molecule has 0 saturated carbocycles. The lowest BCUT2D eigenvalue weighted by Crippen LogP contribution is -2.20. The lowest BCUT2D eigenvalue weighted by Gasteiger charge is -2.14. The first-order chi connectivity index (χ1) is 13.3. The number of para-hydroxylation sites is 1. The Labute approximate surface area is 164 Å². The minimum atomic E-state index is 0.475. The van der Waals surface area contributed by atoms with Crippen molar-refractivity contribution in [1.82, 2.24) is 20.1 Å². The summed E-state index contributed by atoms with van der Waals surface area (Å²) in [5, 5.41) is 8.33. The van der Waals surface area contributed by atoms with Crippen molar-refractivity contribution in [3.05, 3.63) is 76.8 Å². The van der Waals surface area contributed by atoms with E-state index in [0.717, 1.165) is 55.3 Å². The number of rotatable bonds is 7. The molecule has 6 heteroatoms. The van der Waals surface area contributed by atoms with E-state index in [1.165, 1.54) is 0 Å². The van der Waals surface area contributed by atoms with Crippen molar-refractivity contribution in [1.29, 1.82) is 0 Å². The number of aromatic amines is 1. The molecule has 1 unspecified atom stereocenters. The Morgan fingerprint density at radius 1 is 1.19 bits per heavy atom. The molecule has 1 atom stereocenters. The van der Waals surface area contributed by atoms with Gasteiger partial charge in [-0.1, -0.05) is 29.8 Å². The van der Waals surface area contributed by atoms with Crippen LogP contribution < -0.4 is 4.74 Å². The van der Waals surface area contributed by atoms with Crippen molar-refractivity contribution in [2.75, 3.05) is 19.7 Å². The predicted octanol–water partition coefficient (Wildman–Crippen LogP) is 4.07. The monoisotopic (exact) mass is 382 g/mol. The maximum Gasteiger partial charge on any atom is 0.137 e. The van der Waals surface area contributed by atoms with Crippen LogP contribution >= 0.6 is 11.6 Å². The summed E-state index contributed by atoms with van der Waals surface area (Å²) in [4.78, 5) is 6.87. The largest absolute Gasteiger partial charge is 0.492 e. The number of pyridine rings is 1. The molecule has 1 aliphatic heterocycles. The molecule has 140 valence electrons.